The molecule has 0 fully saturated rings. The Balaban J connectivity index is 1.82. The molecule has 0 unspecified atom stereocenters. The van der Waals surface area contributed by atoms with Crippen molar-refractivity contribution in [1.29, 1.82) is 0 Å². The second-order valence-corrected chi connectivity index (χ2v) is 5.90. The molecule has 0 saturated heterocycles. The van der Waals surface area contributed by atoms with E-state index in [1.807, 2.05) is 18.2 Å². The third kappa shape index (κ3) is 3.73. The molecule has 0 spiro atoms. The summed E-state index contributed by atoms with van der Waals surface area (Å²) in [5, 5.41) is 16.1. The smallest absolute Gasteiger partial charge is 0.423 e. The van der Waals surface area contributed by atoms with Crippen molar-refractivity contribution in [3.8, 4) is 0 Å². The molecule has 7 nitrogen and oxygen atoms in total. The van der Waals surface area contributed by atoms with Crippen LogP contribution in [0.3, 0.4) is 0 Å². The van der Waals surface area contributed by atoms with E-state index >= 15 is 0 Å². The van der Waals surface area contributed by atoms with Gasteiger partial charge in [0.25, 0.3) is 0 Å². The fourth-order valence-corrected chi connectivity index (χ4v) is 2.75. The lowest BCUT2D eigenvalue weighted by atomic mass is 9.79. The van der Waals surface area contributed by atoms with Crippen molar-refractivity contribution in [3.63, 3.8) is 0 Å². The Labute approximate surface area is 147 Å². The Morgan fingerprint density at radius 1 is 1.40 bits per heavy atom. The van der Waals surface area contributed by atoms with Gasteiger partial charge in [0, 0.05) is 17.9 Å². The van der Waals surface area contributed by atoms with Gasteiger partial charge in [-0.2, -0.15) is 0 Å². The van der Waals surface area contributed by atoms with Gasteiger partial charge in [-0.15, -0.1) is 0 Å². The first kappa shape index (κ1) is 17.2. The molecule has 2 heterocycles. The molecule has 3 rings (SSSR count). The SMILES string of the molecule is [C-]#[N+]c1cnc(Nc2ccc3c(c2)COB3O)nc1NC(CC)CC. The average molecular weight is 337 g/mol. The molecule has 25 heavy (non-hydrogen) atoms. The molecule has 1 aromatic heterocycles. The molecule has 128 valence electrons. The van der Waals surface area contributed by atoms with Crippen LogP contribution >= 0.6 is 0 Å². The number of anilines is 3. The maximum atomic E-state index is 9.68. The summed E-state index contributed by atoms with van der Waals surface area (Å²) in [5.74, 6) is 0.960. The fourth-order valence-electron chi connectivity index (χ4n) is 2.75. The number of nitrogens with zero attached hydrogens (tertiary/aromatic N) is 3. The van der Waals surface area contributed by atoms with Crippen LogP contribution in [0.1, 0.15) is 32.3 Å². The molecule has 0 atom stereocenters. The first-order chi connectivity index (χ1) is 12.1. The summed E-state index contributed by atoms with van der Waals surface area (Å²) >= 11 is 0. The molecule has 1 aromatic carbocycles. The summed E-state index contributed by atoms with van der Waals surface area (Å²) < 4.78 is 5.20. The van der Waals surface area contributed by atoms with Crippen LogP contribution in [0.5, 0.6) is 0 Å². The summed E-state index contributed by atoms with van der Waals surface area (Å²) in [6, 6.07) is 5.84. The monoisotopic (exact) mass is 337 g/mol. The van der Waals surface area contributed by atoms with Gasteiger partial charge in [0.2, 0.25) is 11.6 Å². The van der Waals surface area contributed by atoms with Gasteiger partial charge in [-0.25, -0.2) is 14.8 Å². The highest BCUT2D eigenvalue weighted by molar-refractivity contribution is 6.61. The van der Waals surface area contributed by atoms with Crippen LogP contribution < -0.4 is 16.1 Å². The number of hydrogen-bond acceptors (Lipinski definition) is 6. The lowest BCUT2D eigenvalue weighted by Crippen LogP contribution is -2.27. The summed E-state index contributed by atoms with van der Waals surface area (Å²) in [6.45, 7) is 11.9. The molecule has 0 bridgehead atoms. The van der Waals surface area contributed by atoms with E-state index in [2.05, 4.69) is 39.3 Å². The van der Waals surface area contributed by atoms with Gasteiger partial charge in [0.15, 0.2) is 0 Å². The molecule has 0 aliphatic carbocycles. The Morgan fingerprint density at radius 3 is 2.92 bits per heavy atom. The zero-order chi connectivity index (χ0) is 17.8. The Morgan fingerprint density at radius 2 is 2.20 bits per heavy atom. The number of rotatable bonds is 6. The first-order valence-electron chi connectivity index (χ1n) is 8.35. The van der Waals surface area contributed by atoms with Crippen molar-refractivity contribution in [2.45, 2.75) is 39.3 Å². The quantitative estimate of drug-likeness (QED) is 0.555. The van der Waals surface area contributed by atoms with Gasteiger partial charge >= 0.3 is 7.12 Å². The number of nitrogens with one attached hydrogen (secondary N) is 2. The van der Waals surface area contributed by atoms with E-state index in [-0.39, 0.29) is 6.04 Å². The van der Waals surface area contributed by atoms with Crippen molar-refractivity contribution in [2.75, 3.05) is 10.6 Å². The van der Waals surface area contributed by atoms with Gasteiger partial charge in [-0.1, -0.05) is 19.9 Å². The minimum absolute atomic E-state index is 0.266. The van der Waals surface area contributed by atoms with E-state index in [1.165, 1.54) is 6.20 Å². The van der Waals surface area contributed by atoms with E-state index < -0.39 is 7.12 Å². The van der Waals surface area contributed by atoms with Crippen molar-refractivity contribution in [1.82, 2.24) is 9.97 Å². The summed E-state index contributed by atoms with van der Waals surface area (Å²) in [6.07, 6.45) is 3.43. The van der Waals surface area contributed by atoms with Crippen molar-refractivity contribution in [2.24, 2.45) is 0 Å². The maximum absolute atomic E-state index is 9.68. The van der Waals surface area contributed by atoms with E-state index in [1.54, 1.807) is 0 Å². The van der Waals surface area contributed by atoms with E-state index in [4.69, 9.17) is 11.2 Å². The molecular formula is C17H20BN5O2. The van der Waals surface area contributed by atoms with Crippen LogP contribution in [0.25, 0.3) is 4.85 Å². The lowest BCUT2D eigenvalue weighted by molar-refractivity contribution is 0.275. The highest BCUT2D eigenvalue weighted by Gasteiger charge is 2.27. The topological polar surface area (TPSA) is 83.7 Å². The highest BCUT2D eigenvalue weighted by atomic mass is 16.5. The van der Waals surface area contributed by atoms with Crippen LogP contribution in [0.15, 0.2) is 24.4 Å². The van der Waals surface area contributed by atoms with Crippen LogP contribution in [0, 0.1) is 6.57 Å². The molecule has 0 amide bonds. The Bertz CT molecular complexity index is 804. The minimum Gasteiger partial charge on any atom is -0.423 e. The number of fused-ring (bicyclic) bond motifs is 1. The molecule has 8 heteroatoms. The zero-order valence-corrected chi connectivity index (χ0v) is 14.3. The van der Waals surface area contributed by atoms with E-state index in [0.717, 1.165) is 29.6 Å². The standard InChI is InChI=1S/C17H20BN5O2/c1-4-12(5-2)21-16-15(19-3)9-20-17(23-16)22-13-6-7-14-11(8-13)10-25-18(14)24/h6-9,12,24H,4-5,10H2,1-2H3,(H2,20,21,22,23). The van der Waals surface area contributed by atoms with Crippen molar-refractivity contribution in [3.05, 3.63) is 41.4 Å². The first-order valence-corrected chi connectivity index (χ1v) is 8.35. The van der Waals surface area contributed by atoms with E-state index in [0.29, 0.717) is 24.1 Å². The summed E-state index contributed by atoms with van der Waals surface area (Å²) in [7, 11) is -0.853. The van der Waals surface area contributed by atoms with Crippen LogP contribution in [0.2, 0.25) is 0 Å². The molecule has 1 aliphatic rings. The van der Waals surface area contributed by atoms with Crippen LogP contribution in [-0.4, -0.2) is 28.2 Å². The number of benzene rings is 1. The van der Waals surface area contributed by atoms with Crippen LogP contribution in [-0.2, 0) is 11.3 Å². The predicted molar refractivity (Wildman–Crippen MR) is 98.4 cm³/mol. The third-order valence-corrected chi connectivity index (χ3v) is 4.28. The average Bonchev–Trinajstić information content (AvgIpc) is 3.00. The normalized spacial score (nSPS) is 12.8. The molecule has 0 radical (unpaired) electrons. The Hall–Kier alpha value is -2.63. The second kappa shape index (κ2) is 7.51. The fraction of sp³-hybridized carbons (Fsp3) is 0.353. The maximum Gasteiger partial charge on any atom is 0.491 e. The van der Waals surface area contributed by atoms with Gasteiger partial charge in [-0.3, -0.25) is 0 Å². The number of hydrogen-bond donors (Lipinski definition) is 3. The largest absolute Gasteiger partial charge is 0.491 e. The Kier molecular flexibility index (Phi) is 5.17. The van der Waals surface area contributed by atoms with Gasteiger partial charge in [0.05, 0.1) is 13.2 Å². The van der Waals surface area contributed by atoms with Crippen molar-refractivity contribution < 1.29 is 9.68 Å². The number of aromatic nitrogens is 2. The molecule has 2 aromatic rings. The highest BCUT2D eigenvalue weighted by Crippen LogP contribution is 2.26. The summed E-state index contributed by atoms with van der Waals surface area (Å²) in [4.78, 5) is 12.2. The van der Waals surface area contributed by atoms with Gasteiger partial charge in [0.1, 0.15) is 5.82 Å². The van der Waals surface area contributed by atoms with Crippen LogP contribution in [0.4, 0.5) is 23.1 Å². The van der Waals surface area contributed by atoms with Crippen molar-refractivity contribution >= 4 is 35.7 Å². The van der Waals surface area contributed by atoms with Gasteiger partial charge < -0.3 is 20.3 Å². The second-order valence-electron chi connectivity index (χ2n) is 5.90. The molecule has 0 saturated carbocycles. The summed E-state index contributed by atoms with van der Waals surface area (Å²) in [5.41, 5.74) is 2.93. The molecule has 3 N–H and O–H groups in total. The minimum atomic E-state index is -0.853. The predicted octanol–water partition coefficient (Wildman–Crippen LogP) is 2.59. The molecular weight excluding hydrogens is 317 g/mol. The molecule has 1 aliphatic heterocycles. The van der Waals surface area contributed by atoms with E-state index in [9.17, 15) is 5.02 Å². The zero-order valence-electron chi connectivity index (χ0n) is 14.3. The third-order valence-electron chi connectivity index (χ3n) is 4.28. The van der Waals surface area contributed by atoms with Gasteiger partial charge in [-0.05, 0) is 36.0 Å². The lowest BCUT2D eigenvalue weighted by Gasteiger charge is -2.17.